The van der Waals surface area contributed by atoms with E-state index < -0.39 is 37.3 Å². The average Bonchev–Trinajstić information content (AvgIpc) is 3.02. The highest BCUT2D eigenvalue weighted by Gasteiger charge is 2.47. The predicted octanol–water partition coefficient (Wildman–Crippen LogP) is -2.62. The Morgan fingerprint density at radius 3 is 2.76 bits per heavy atom. The van der Waals surface area contributed by atoms with Crippen molar-refractivity contribution in [2.75, 3.05) is 12.3 Å². The van der Waals surface area contributed by atoms with Gasteiger partial charge in [-0.3, -0.25) is 4.57 Å². The van der Waals surface area contributed by atoms with E-state index in [2.05, 4.69) is 15.0 Å². The molecule has 0 unspecified atom stereocenters. The maximum atomic E-state index is 10.1. The van der Waals surface area contributed by atoms with Gasteiger partial charge in [-0.2, -0.15) is 0 Å². The highest BCUT2D eigenvalue weighted by atomic mass is 16.6. The molecule has 6 N–H and O–H groups in total. The summed E-state index contributed by atoms with van der Waals surface area (Å²) in [6, 6.07) is 0. The lowest BCUT2D eigenvalue weighted by atomic mass is 10.1. The van der Waals surface area contributed by atoms with E-state index in [1.807, 2.05) is 0 Å². The highest BCUT2D eigenvalue weighted by molar-refractivity contribution is 5.81. The molecular weight excluding hydrogens is 282 g/mol. The van der Waals surface area contributed by atoms with Crippen LogP contribution in [0, 0.1) is 0 Å². The van der Waals surface area contributed by atoms with Crippen molar-refractivity contribution < 1.29 is 25.2 Å². The molecule has 0 radical (unpaired) electrons. The van der Waals surface area contributed by atoms with Crippen molar-refractivity contribution in [2.24, 2.45) is 0 Å². The van der Waals surface area contributed by atoms with Gasteiger partial charge >= 0.3 is 0 Å². The van der Waals surface area contributed by atoms with Gasteiger partial charge in [-0.25, -0.2) is 15.0 Å². The molecule has 1 saturated heterocycles. The molecule has 0 bridgehead atoms. The topological polar surface area (TPSA) is 160 Å². The van der Waals surface area contributed by atoms with Crippen LogP contribution in [0.3, 0.4) is 0 Å². The fourth-order valence-electron chi connectivity index (χ4n) is 2.39. The quantitative estimate of drug-likeness (QED) is 0.408. The molecule has 21 heavy (non-hydrogen) atoms. The first-order chi connectivity index (χ1) is 10.0. The molecule has 3 heterocycles. The number of nitrogen functional groups attached to an aromatic ring is 1. The third-order valence-electron chi connectivity index (χ3n) is 3.50. The molecule has 2 aromatic heterocycles. The first-order valence-electron chi connectivity index (χ1n) is 6.28. The van der Waals surface area contributed by atoms with E-state index >= 15 is 0 Å². The molecule has 3 rings (SSSR count). The van der Waals surface area contributed by atoms with Gasteiger partial charge < -0.3 is 30.9 Å². The van der Waals surface area contributed by atoms with Gasteiger partial charge in [0.05, 0.1) is 12.9 Å². The Kier molecular flexibility index (Phi) is 3.47. The number of anilines is 1. The first-order valence-corrected chi connectivity index (χ1v) is 6.28. The van der Waals surface area contributed by atoms with Gasteiger partial charge in [-0.05, 0) is 0 Å². The minimum Gasteiger partial charge on any atom is -0.394 e. The molecule has 0 aromatic carbocycles. The van der Waals surface area contributed by atoms with Gasteiger partial charge in [-0.1, -0.05) is 0 Å². The van der Waals surface area contributed by atoms with Crippen LogP contribution in [0.15, 0.2) is 12.7 Å². The van der Waals surface area contributed by atoms with Gasteiger partial charge in [0.25, 0.3) is 0 Å². The Bertz CT molecular complexity index is 649. The van der Waals surface area contributed by atoms with E-state index in [0.717, 1.165) is 0 Å². The van der Waals surface area contributed by atoms with Gasteiger partial charge in [0.1, 0.15) is 36.3 Å². The van der Waals surface area contributed by atoms with Crippen molar-refractivity contribution in [1.82, 2.24) is 19.5 Å². The maximum absolute atomic E-state index is 10.1. The second kappa shape index (κ2) is 5.16. The number of fused-ring (bicyclic) bond motifs is 1. The second-order valence-corrected chi connectivity index (χ2v) is 4.81. The van der Waals surface area contributed by atoms with E-state index in [0.29, 0.717) is 11.2 Å². The Hall–Kier alpha value is -1.85. The van der Waals surface area contributed by atoms with E-state index in [1.165, 1.54) is 17.2 Å². The van der Waals surface area contributed by atoms with Crippen LogP contribution in [0.2, 0.25) is 0 Å². The van der Waals surface area contributed by atoms with Gasteiger partial charge in [-0.15, -0.1) is 0 Å². The fourth-order valence-corrected chi connectivity index (χ4v) is 2.39. The third kappa shape index (κ3) is 2.13. The lowest BCUT2D eigenvalue weighted by Gasteiger charge is -2.18. The largest absolute Gasteiger partial charge is 0.394 e. The molecule has 1 aliphatic rings. The van der Waals surface area contributed by atoms with E-state index in [-0.39, 0.29) is 5.82 Å². The summed E-state index contributed by atoms with van der Waals surface area (Å²) in [6.45, 7) is -0.596. The predicted molar refractivity (Wildman–Crippen MR) is 68.8 cm³/mol. The van der Waals surface area contributed by atoms with Crippen molar-refractivity contribution in [3.8, 4) is 0 Å². The van der Waals surface area contributed by atoms with Crippen LogP contribution in [0.1, 0.15) is 6.23 Å². The summed E-state index contributed by atoms with van der Waals surface area (Å²) in [4.78, 5) is 11.9. The average molecular weight is 297 g/mol. The molecule has 0 aliphatic carbocycles. The number of hydrogen-bond acceptors (Lipinski definition) is 9. The maximum Gasteiger partial charge on any atom is 0.167 e. The summed E-state index contributed by atoms with van der Waals surface area (Å²) in [5, 5.41) is 38.5. The number of imidazole rings is 1. The molecule has 5 atom stereocenters. The normalized spacial score (nSPS) is 30.9. The Labute approximate surface area is 118 Å². The SMILES string of the molecule is Nc1ncnc2c1ncn2[C@@H]1O[C@H]([C@@H](O)CO)[C@H](O)[C@H]1O. The standard InChI is InChI=1S/C11H15N5O5/c12-9-5-10(14-2-13-9)16(3-15-5)11-7(20)6(19)8(21-11)4(18)1-17/h2-4,6-8,11,17-20H,1H2,(H2,12,13,14)/t4-,6+,7+,8+,11+/m0/s1. The van der Waals surface area contributed by atoms with Crippen molar-refractivity contribution in [2.45, 2.75) is 30.6 Å². The zero-order valence-electron chi connectivity index (χ0n) is 10.8. The summed E-state index contributed by atoms with van der Waals surface area (Å²) >= 11 is 0. The zero-order chi connectivity index (χ0) is 15.1. The number of aliphatic hydroxyl groups is 4. The molecule has 0 amide bonds. The molecular formula is C11H15N5O5. The van der Waals surface area contributed by atoms with Gasteiger partial charge in [0.15, 0.2) is 17.7 Å². The lowest BCUT2D eigenvalue weighted by molar-refractivity contribution is -0.0962. The number of nitrogens with two attached hydrogens (primary N) is 1. The Balaban J connectivity index is 1.98. The molecule has 0 saturated carbocycles. The summed E-state index contributed by atoms with van der Waals surface area (Å²) in [5.74, 6) is 0.179. The highest BCUT2D eigenvalue weighted by Crippen LogP contribution is 2.33. The fraction of sp³-hybridized carbons (Fsp3) is 0.545. The number of ether oxygens (including phenoxy) is 1. The van der Waals surface area contributed by atoms with Crippen LogP contribution < -0.4 is 5.73 Å². The number of hydrogen-bond donors (Lipinski definition) is 5. The smallest absolute Gasteiger partial charge is 0.167 e. The van der Waals surface area contributed by atoms with Crippen molar-refractivity contribution in [3.63, 3.8) is 0 Å². The summed E-state index contributed by atoms with van der Waals surface area (Å²) in [6.07, 6.45) is -3.51. The molecule has 10 heteroatoms. The third-order valence-corrected chi connectivity index (χ3v) is 3.50. The minimum atomic E-state index is -1.35. The van der Waals surface area contributed by atoms with Gasteiger partial charge in [0, 0.05) is 0 Å². The van der Waals surface area contributed by atoms with Crippen LogP contribution in [0.25, 0.3) is 11.2 Å². The molecule has 114 valence electrons. The first kappa shape index (κ1) is 14.1. The number of aliphatic hydroxyl groups excluding tert-OH is 4. The van der Waals surface area contributed by atoms with Crippen LogP contribution in [-0.4, -0.2) is 71.0 Å². The van der Waals surface area contributed by atoms with Crippen molar-refractivity contribution in [3.05, 3.63) is 12.7 Å². The second-order valence-electron chi connectivity index (χ2n) is 4.81. The van der Waals surface area contributed by atoms with E-state index in [1.54, 1.807) is 0 Å². The molecule has 2 aromatic rings. The molecule has 0 spiro atoms. The van der Waals surface area contributed by atoms with Crippen molar-refractivity contribution in [1.29, 1.82) is 0 Å². The molecule has 1 fully saturated rings. The zero-order valence-corrected chi connectivity index (χ0v) is 10.8. The summed E-state index contributed by atoms with van der Waals surface area (Å²) in [5.41, 5.74) is 6.35. The minimum absolute atomic E-state index is 0.179. The monoisotopic (exact) mass is 297 g/mol. The molecule has 1 aliphatic heterocycles. The van der Waals surface area contributed by atoms with Crippen LogP contribution in [0.4, 0.5) is 5.82 Å². The molecule has 10 nitrogen and oxygen atoms in total. The Morgan fingerprint density at radius 1 is 1.29 bits per heavy atom. The van der Waals surface area contributed by atoms with Crippen LogP contribution in [-0.2, 0) is 4.74 Å². The Morgan fingerprint density at radius 2 is 2.05 bits per heavy atom. The summed E-state index contributed by atoms with van der Waals surface area (Å²) in [7, 11) is 0. The van der Waals surface area contributed by atoms with Crippen molar-refractivity contribution >= 4 is 17.0 Å². The van der Waals surface area contributed by atoms with Gasteiger partial charge in [0.2, 0.25) is 0 Å². The number of aromatic nitrogens is 4. The van der Waals surface area contributed by atoms with Crippen LogP contribution >= 0.6 is 0 Å². The van der Waals surface area contributed by atoms with E-state index in [4.69, 9.17) is 15.6 Å². The number of nitrogens with zero attached hydrogens (tertiary/aromatic N) is 4. The number of rotatable bonds is 3. The van der Waals surface area contributed by atoms with E-state index in [9.17, 15) is 15.3 Å². The summed E-state index contributed by atoms with van der Waals surface area (Å²) < 4.78 is 6.84. The van der Waals surface area contributed by atoms with Crippen LogP contribution in [0.5, 0.6) is 0 Å². The lowest BCUT2D eigenvalue weighted by Crippen LogP contribution is -2.40.